The van der Waals surface area contributed by atoms with Gasteiger partial charge in [-0.05, 0) is 25.0 Å². The van der Waals surface area contributed by atoms with Crippen LogP contribution >= 0.6 is 0 Å². The second kappa shape index (κ2) is 4.38. The maximum Gasteiger partial charge on any atom is 0.0769 e. The highest BCUT2D eigenvalue weighted by molar-refractivity contribution is 5.37. The fourth-order valence-corrected chi connectivity index (χ4v) is 1.82. The Morgan fingerprint density at radius 3 is 2.76 bits per heavy atom. The van der Waals surface area contributed by atoms with Crippen LogP contribution in [0.1, 0.15) is 25.0 Å². The van der Waals surface area contributed by atoms with E-state index in [0.29, 0.717) is 6.54 Å². The van der Waals surface area contributed by atoms with Crippen molar-refractivity contribution in [1.82, 2.24) is 15.0 Å². The zero-order chi connectivity index (χ0) is 12.3. The van der Waals surface area contributed by atoms with Crippen LogP contribution in [0.4, 0.5) is 0 Å². The quantitative estimate of drug-likeness (QED) is 0.805. The topological polar surface area (TPSA) is 54.5 Å². The minimum absolute atomic E-state index is 0.489. The van der Waals surface area contributed by atoms with E-state index in [4.69, 9.17) is 0 Å². The molecule has 0 atom stereocenters. The summed E-state index contributed by atoms with van der Waals surface area (Å²) in [5.74, 6) is 0. The van der Waals surface area contributed by atoms with Crippen molar-refractivity contribution in [1.29, 1.82) is 5.26 Å². The molecule has 0 saturated carbocycles. The van der Waals surface area contributed by atoms with Gasteiger partial charge in [-0.15, -0.1) is 5.10 Å². The molecule has 1 heterocycles. The average Bonchev–Trinajstić information content (AvgIpc) is 2.82. The summed E-state index contributed by atoms with van der Waals surface area (Å²) in [6.45, 7) is 4.49. The minimum atomic E-state index is -0.489. The van der Waals surface area contributed by atoms with Gasteiger partial charge in [-0.25, -0.2) is 4.68 Å². The van der Waals surface area contributed by atoms with Gasteiger partial charge in [-0.3, -0.25) is 0 Å². The molecule has 0 aliphatic carbocycles. The summed E-state index contributed by atoms with van der Waals surface area (Å²) >= 11 is 0. The van der Waals surface area contributed by atoms with Crippen molar-refractivity contribution < 1.29 is 0 Å². The van der Waals surface area contributed by atoms with Gasteiger partial charge >= 0.3 is 0 Å². The lowest BCUT2D eigenvalue weighted by Crippen LogP contribution is -2.17. The largest absolute Gasteiger partial charge is 0.248 e. The van der Waals surface area contributed by atoms with Crippen molar-refractivity contribution in [2.75, 3.05) is 0 Å². The van der Waals surface area contributed by atoms with E-state index >= 15 is 0 Å². The van der Waals surface area contributed by atoms with Crippen LogP contribution in [0.3, 0.4) is 0 Å². The van der Waals surface area contributed by atoms with Crippen molar-refractivity contribution in [3.8, 4) is 6.07 Å². The van der Waals surface area contributed by atoms with Crippen LogP contribution in [0.15, 0.2) is 36.7 Å². The third-order valence-corrected chi connectivity index (χ3v) is 2.77. The van der Waals surface area contributed by atoms with Crippen LogP contribution in [-0.4, -0.2) is 15.0 Å². The van der Waals surface area contributed by atoms with Crippen molar-refractivity contribution in [3.05, 3.63) is 47.8 Å². The lowest BCUT2D eigenvalue weighted by Gasteiger charge is -2.19. The second-order valence-electron chi connectivity index (χ2n) is 4.49. The Balaban J connectivity index is 2.39. The number of hydrogen-bond acceptors (Lipinski definition) is 3. The van der Waals surface area contributed by atoms with E-state index in [2.05, 4.69) is 16.4 Å². The van der Waals surface area contributed by atoms with Gasteiger partial charge in [0.15, 0.2) is 0 Å². The summed E-state index contributed by atoms with van der Waals surface area (Å²) in [7, 11) is 0. The molecule has 0 amide bonds. The average molecular weight is 226 g/mol. The zero-order valence-corrected chi connectivity index (χ0v) is 9.96. The van der Waals surface area contributed by atoms with Gasteiger partial charge in [0, 0.05) is 6.20 Å². The van der Waals surface area contributed by atoms with Gasteiger partial charge in [0.25, 0.3) is 0 Å². The molecule has 0 bridgehead atoms. The highest BCUT2D eigenvalue weighted by atomic mass is 15.4. The molecule has 0 saturated heterocycles. The maximum atomic E-state index is 9.21. The molecule has 0 fully saturated rings. The second-order valence-corrected chi connectivity index (χ2v) is 4.49. The molecule has 0 N–H and O–H groups in total. The predicted molar refractivity (Wildman–Crippen MR) is 64.2 cm³/mol. The third kappa shape index (κ3) is 2.34. The van der Waals surface area contributed by atoms with E-state index in [1.807, 2.05) is 44.3 Å². The van der Waals surface area contributed by atoms with Gasteiger partial charge in [-0.2, -0.15) is 5.26 Å². The molecule has 1 aromatic carbocycles. The van der Waals surface area contributed by atoms with Gasteiger partial charge in [0.2, 0.25) is 0 Å². The molecule has 4 heteroatoms. The lowest BCUT2D eigenvalue weighted by molar-refractivity contribution is 0.621. The van der Waals surface area contributed by atoms with Crippen LogP contribution in [0.25, 0.3) is 0 Å². The first-order valence-corrected chi connectivity index (χ1v) is 5.47. The number of nitrogens with zero attached hydrogens (tertiary/aromatic N) is 4. The summed E-state index contributed by atoms with van der Waals surface area (Å²) in [6, 6.07) is 10.3. The summed E-state index contributed by atoms with van der Waals surface area (Å²) in [5, 5.41) is 16.9. The molecule has 0 spiro atoms. The molecule has 86 valence electrons. The number of hydrogen-bond donors (Lipinski definition) is 0. The van der Waals surface area contributed by atoms with Crippen molar-refractivity contribution >= 4 is 0 Å². The number of aromatic nitrogens is 3. The Morgan fingerprint density at radius 1 is 1.35 bits per heavy atom. The molecule has 0 radical (unpaired) electrons. The van der Waals surface area contributed by atoms with Crippen molar-refractivity contribution in [2.24, 2.45) is 0 Å². The third-order valence-electron chi connectivity index (χ3n) is 2.77. The Kier molecular flexibility index (Phi) is 2.92. The molecule has 2 rings (SSSR count). The predicted octanol–water partition coefficient (Wildman–Crippen LogP) is 2.13. The monoisotopic (exact) mass is 226 g/mol. The van der Waals surface area contributed by atoms with E-state index in [0.717, 1.165) is 11.1 Å². The van der Waals surface area contributed by atoms with E-state index in [1.165, 1.54) is 0 Å². The molecule has 0 aliphatic heterocycles. The Labute approximate surface area is 101 Å². The lowest BCUT2D eigenvalue weighted by atomic mass is 9.83. The number of benzene rings is 1. The highest BCUT2D eigenvalue weighted by Crippen LogP contribution is 2.26. The van der Waals surface area contributed by atoms with E-state index in [-0.39, 0.29) is 0 Å². The summed E-state index contributed by atoms with van der Waals surface area (Å²) in [6.07, 6.45) is 3.47. The van der Waals surface area contributed by atoms with Gasteiger partial charge < -0.3 is 0 Å². The first kappa shape index (κ1) is 11.3. The summed E-state index contributed by atoms with van der Waals surface area (Å²) in [4.78, 5) is 0. The molecular formula is C13H14N4. The van der Waals surface area contributed by atoms with E-state index in [1.54, 1.807) is 10.9 Å². The first-order valence-electron chi connectivity index (χ1n) is 5.47. The van der Waals surface area contributed by atoms with E-state index < -0.39 is 5.41 Å². The fourth-order valence-electron chi connectivity index (χ4n) is 1.82. The minimum Gasteiger partial charge on any atom is -0.248 e. The van der Waals surface area contributed by atoms with Gasteiger partial charge in [0.05, 0.1) is 24.2 Å². The first-order chi connectivity index (χ1) is 8.13. The van der Waals surface area contributed by atoms with Crippen LogP contribution in [-0.2, 0) is 12.0 Å². The molecule has 0 aliphatic rings. The van der Waals surface area contributed by atoms with E-state index in [9.17, 15) is 5.26 Å². The Morgan fingerprint density at radius 2 is 2.12 bits per heavy atom. The molecule has 0 unspecified atom stereocenters. The Hall–Kier alpha value is -2.15. The SMILES string of the molecule is CC(C)(C#N)c1ccccc1Cn1ccnn1. The van der Waals surface area contributed by atoms with Crippen molar-refractivity contribution in [3.63, 3.8) is 0 Å². The van der Waals surface area contributed by atoms with Crippen molar-refractivity contribution in [2.45, 2.75) is 25.8 Å². The summed E-state index contributed by atoms with van der Waals surface area (Å²) < 4.78 is 1.76. The number of nitriles is 1. The number of rotatable bonds is 3. The van der Waals surface area contributed by atoms with Crippen LogP contribution in [0.2, 0.25) is 0 Å². The van der Waals surface area contributed by atoms with Crippen LogP contribution in [0, 0.1) is 11.3 Å². The fraction of sp³-hybridized carbons (Fsp3) is 0.308. The molecular weight excluding hydrogens is 212 g/mol. The van der Waals surface area contributed by atoms with Crippen LogP contribution < -0.4 is 0 Å². The smallest absolute Gasteiger partial charge is 0.0769 e. The molecule has 1 aromatic heterocycles. The normalized spacial score (nSPS) is 11.1. The maximum absolute atomic E-state index is 9.21. The summed E-state index contributed by atoms with van der Waals surface area (Å²) in [5.41, 5.74) is 1.65. The zero-order valence-electron chi connectivity index (χ0n) is 9.96. The highest BCUT2D eigenvalue weighted by Gasteiger charge is 2.22. The van der Waals surface area contributed by atoms with Gasteiger partial charge in [0.1, 0.15) is 0 Å². The molecule has 4 nitrogen and oxygen atoms in total. The standard InChI is InChI=1S/C13H14N4/c1-13(2,10-14)12-6-4-3-5-11(12)9-17-8-7-15-16-17/h3-8H,9H2,1-2H3. The molecule has 17 heavy (non-hydrogen) atoms. The van der Waals surface area contributed by atoms with Gasteiger partial charge in [-0.1, -0.05) is 29.5 Å². The molecule has 2 aromatic rings. The Bertz CT molecular complexity index is 535. The van der Waals surface area contributed by atoms with Crippen LogP contribution in [0.5, 0.6) is 0 Å².